The number of benzene rings is 3. The number of carbonyl (C=O) groups is 2. The number of hydrogen-bond donors (Lipinski definition) is 0. The second-order valence-corrected chi connectivity index (χ2v) is 6.96. The first kappa shape index (κ1) is 22.9. The summed E-state index contributed by atoms with van der Waals surface area (Å²) in [5.74, 6) is -2.40. The van der Waals surface area contributed by atoms with Gasteiger partial charge in [0.2, 0.25) is 5.41 Å². The Kier molecular flexibility index (Phi) is 7.54. The zero-order valence-corrected chi connectivity index (χ0v) is 17.4. The predicted octanol–water partition coefficient (Wildman–Crippen LogP) is 4.68. The van der Waals surface area contributed by atoms with Crippen molar-refractivity contribution in [3.05, 3.63) is 102 Å². The predicted molar refractivity (Wildman–Crippen MR) is 113 cm³/mol. The largest absolute Gasteiger partial charge is 0.497 e. The summed E-state index contributed by atoms with van der Waals surface area (Å²) in [6.45, 7) is -0.535. The highest BCUT2D eigenvalue weighted by Crippen LogP contribution is 2.36. The van der Waals surface area contributed by atoms with Crippen molar-refractivity contribution in [1.29, 1.82) is 0 Å². The molecule has 0 fully saturated rings. The van der Waals surface area contributed by atoms with Gasteiger partial charge in [-0.2, -0.15) is 0 Å². The van der Waals surface area contributed by atoms with Crippen LogP contribution in [0.25, 0.3) is 0 Å². The topological polar surface area (TPSA) is 61.8 Å². The summed E-state index contributed by atoms with van der Waals surface area (Å²) in [5.41, 5.74) is -2.01. The van der Waals surface area contributed by atoms with Gasteiger partial charge in [0.15, 0.2) is 0 Å². The number of ether oxygens (including phenoxy) is 3. The quantitative estimate of drug-likeness (QED) is 0.357. The summed E-state index contributed by atoms with van der Waals surface area (Å²) in [4.78, 5) is 26.1. The normalized spacial score (nSPS) is 11.1. The van der Waals surface area contributed by atoms with E-state index in [4.69, 9.17) is 14.2 Å². The Bertz CT molecular complexity index is 966. The standard InChI is InChI=1S/C25H22F2O5/c1-30-21-14-12-20(13-15-21)25(22(26)27,23(28)31-16-18-8-4-2-5-9-18)24(29)32-17-19-10-6-3-7-11-19/h2-15,22H,16-17H2,1H3. The van der Waals surface area contributed by atoms with Crippen molar-refractivity contribution in [3.63, 3.8) is 0 Å². The van der Waals surface area contributed by atoms with Gasteiger partial charge in [-0.15, -0.1) is 0 Å². The van der Waals surface area contributed by atoms with Gasteiger partial charge in [-0.1, -0.05) is 72.8 Å². The lowest BCUT2D eigenvalue weighted by molar-refractivity contribution is -0.175. The van der Waals surface area contributed by atoms with Gasteiger partial charge in [0.25, 0.3) is 6.43 Å². The highest BCUT2D eigenvalue weighted by atomic mass is 19.3. The van der Waals surface area contributed by atoms with Crippen molar-refractivity contribution in [2.75, 3.05) is 7.11 Å². The van der Waals surface area contributed by atoms with Crippen LogP contribution in [-0.4, -0.2) is 25.5 Å². The molecule has 166 valence electrons. The molecule has 0 unspecified atom stereocenters. The number of hydrogen-bond acceptors (Lipinski definition) is 5. The van der Waals surface area contributed by atoms with Crippen molar-refractivity contribution >= 4 is 11.9 Å². The van der Waals surface area contributed by atoms with E-state index in [9.17, 15) is 18.4 Å². The van der Waals surface area contributed by atoms with Crippen LogP contribution in [0.3, 0.4) is 0 Å². The van der Waals surface area contributed by atoms with E-state index in [0.717, 1.165) is 0 Å². The van der Waals surface area contributed by atoms with E-state index in [1.807, 2.05) is 0 Å². The maximum atomic E-state index is 14.5. The lowest BCUT2D eigenvalue weighted by atomic mass is 9.80. The smallest absolute Gasteiger partial charge is 0.334 e. The summed E-state index contributed by atoms with van der Waals surface area (Å²) < 4.78 is 44.5. The molecule has 0 N–H and O–H groups in total. The summed E-state index contributed by atoms with van der Waals surface area (Å²) >= 11 is 0. The van der Waals surface area contributed by atoms with Crippen LogP contribution < -0.4 is 4.74 Å². The van der Waals surface area contributed by atoms with Crippen molar-refractivity contribution in [2.45, 2.75) is 25.1 Å². The van der Waals surface area contributed by atoms with Gasteiger partial charge >= 0.3 is 11.9 Å². The molecule has 0 aliphatic carbocycles. The molecule has 0 radical (unpaired) electrons. The van der Waals surface area contributed by atoms with Crippen molar-refractivity contribution in [2.24, 2.45) is 0 Å². The van der Waals surface area contributed by atoms with Crippen LogP contribution in [-0.2, 0) is 37.7 Å². The van der Waals surface area contributed by atoms with E-state index < -0.39 is 23.8 Å². The van der Waals surface area contributed by atoms with E-state index in [2.05, 4.69) is 0 Å². The molecule has 32 heavy (non-hydrogen) atoms. The number of halogens is 2. The first-order valence-electron chi connectivity index (χ1n) is 9.83. The minimum Gasteiger partial charge on any atom is -0.497 e. The van der Waals surface area contributed by atoms with Gasteiger partial charge in [0, 0.05) is 0 Å². The summed E-state index contributed by atoms with van der Waals surface area (Å²) in [6, 6.07) is 22.4. The van der Waals surface area contributed by atoms with E-state index in [0.29, 0.717) is 16.9 Å². The second kappa shape index (κ2) is 10.5. The van der Waals surface area contributed by atoms with Crippen LogP contribution in [0.4, 0.5) is 8.78 Å². The van der Waals surface area contributed by atoms with Gasteiger partial charge in [-0.05, 0) is 28.8 Å². The molecule has 3 aromatic carbocycles. The SMILES string of the molecule is COc1ccc(C(C(=O)OCc2ccccc2)(C(=O)OCc2ccccc2)C(F)F)cc1. The van der Waals surface area contributed by atoms with Crippen molar-refractivity contribution in [3.8, 4) is 5.75 Å². The molecule has 0 saturated heterocycles. The van der Waals surface area contributed by atoms with Gasteiger partial charge in [0.05, 0.1) is 7.11 Å². The molecular formula is C25H22F2O5. The number of esters is 2. The third-order valence-corrected chi connectivity index (χ3v) is 4.94. The number of carbonyl (C=O) groups excluding carboxylic acids is 2. The van der Waals surface area contributed by atoms with E-state index >= 15 is 0 Å². The monoisotopic (exact) mass is 440 g/mol. The molecular weight excluding hydrogens is 418 g/mol. The number of alkyl halides is 2. The molecule has 0 amide bonds. The maximum Gasteiger partial charge on any atom is 0.334 e. The Morgan fingerprint density at radius 1 is 0.750 bits per heavy atom. The average molecular weight is 440 g/mol. The fourth-order valence-corrected chi connectivity index (χ4v) is 3.15. The Morgan fingerprint density at radius 2 is 1.19 bits per heavy atom. The van der Waals surface area contributed by atoms with Crippen LogP contribution in [0, 0.1) is 0 Å². The summed E-state index contributed by atoms with van der Waals surface area (Å²) in [5, 5.41) is 0. The molecule has 0 bridgehead atoms. The average Bonchev–Trinajstić information content (AvgIpc) is 2.83. The van der Waals surface area contributed by atoms with Gasteiger partial charge < -0.3 is 14.2 Å². The first-order valence-corrected chi connectivity index (χ1v) is 9.83. The van der Waals surface area contributed by atoms with Crippen LogP contribution in [0.1, 0.15) is 16.7 Å². The third-order valence-electron chi connectivity index (χ3n) is 4.94. The Morgan fingerprint density at radius 3 is 1.56 bits per heavy atom. The summed E-state index contributed by atoms with van der Waals surface area (Å²) in [6.07, 6.45) is -3.41. The van der Waals surface area contributed by atoms with Gasteiger partial charge in [-0.25, -0.2) is 8.78 Å². The molecule has 7 heteroatoms. The molecule has 0 atom stereocenters. The zero-order valence-electron chi connectivity index (χ0n) is 17.4. The third kappa shape index (κ3) is 4.94. The molecule has 3 rings (SSSR count). The molecule has 0 aromatic heterocycles. The fourth-order valence-electron chi connectivity index (χ4n) is 3.15. The van der Waals surface area contributed by atoms with E-state index in [-0.39, 0.29) is 18.8 Å². The lowest BCUT2D eigenvalue weighted by Crippen LogP contribution is -2.51. The molecule has 0 spiro atoms. The minimum absolute atomic E-state index is 0.246. The maximum absolute atomic E-state index is 14.5. The fraction of sp³-hybridized carbons (Fsp3) is 0.200. The Balaban J connectivity index is 1.94. The zero-order chi connectivity index (χ0) is 23.0. The number of rotatable bonds is 9. The molecule has 0 heterocycles. The minimum atomic E-state index is -3.41. The van der Waals surface area contributed by atoms with Crippen molar-refractivity contribution in [1.82, 2.24) is 0 Å². The second-order valence-electron chi connectivity index (χ2n) is 6.96. The van der Waals surface area contributed by atoms with E-state index in [1.165, 1.54) is 31.4 Å². The highest BCUT2D eigenvalue weighted by molar-refractivity contribution is 6.07. The molecule has 0 saturated carbocycles. The van der Waals surface area contributed by atoms with Crippen LogP contribution >= 0.6 is 0 Å². The molecule has 5 nitrogen and oxygen atoms in total. The first-order chi connectivity index (χ1) is 15.5. The number of methoxy groups -OCH3 is 1. The van der Waals surface area contributed by atoms with E-state index in [1.54, 1.807) is 60.7 Å². The lowest BCUT2D eigenvalue weighted by Gasteiger charge is -2.29. The molecule has 0 aliphatic heterocycles. The Labute approximate surface area is 184 Å². The molecule has 3 aromatic rings. The van der Waals surface area contributed by atoms with Crippen LogP contribution in [0.5, 0.6) is 5.75 Å². The van der Waals surface area contributed by atoms with Gasteiger partial charge in [-0.3, -0.25) is 9.59 Å². The Hall–Kier alpha value is -3.74. The summed E-state index contributed by atoms with van der Waals surface area (Å²) in [7, 11) is 1.41. The van der Waals surface area contributed by atoms with Gasteiger partial charge in [0.1, 0.15) is 19.0 Å². The van der Waals surface area contributed by atoms with Crippen LogP contribution in [0.2, 0.25) is 0 Å². The highest BCUT2D eigenvalue weighted by Gasteiger charge is 2.58. The van der Waals surface area contributed by atoms with Crippen LogP contribution in [0.15, 0.2) is 84.9 Å². The molecule has 0 aliphatic rings. The van der Waals surface area contributed by atoms with Crippen molar-refractivity contribution < 1.29 is 32.6 Å².